The molecule has 2 rings (SSSR count). The van der Waals surface area contributed by atoms with Gasteiger partial charge in [-0.1, -0.05) is 6.07 Å². The molecule has 0 spiro atoms. The number of nitrogens with two attached hydrogens (primary N) is 1. The molecule has 0 aromatic heterocycles. The van der Waals surface area contributed by atoms with Gasteiger partial charge in [-0.15, -0.1) is 0 Å². The summed E-state index contributed by atoms with van der Waals surface area (Å²) in [5, 5.41) is 5.14. The van der Waals surface area contributed by atoms with E-state index in [0.29, 0.717) is 13.1 Å². The number of benzene rings is 1. The van der Waals surface area contributed by atoms with E-state index < -0.39 is 23.7 Å². The number of carbonyl (C=O) groups excluding carboxylic acids is 2. The number of hydrogen-bond donors (Lipinski definition) is 3. The Bertz CT molecular complexity index is 591. The lowest BCUT2D eigenvalue weighted by molar-refractivity contribution is -0.123. The molecular formula is C16H22F2N4O2. The van der Waals surface area contributed by atoms with E-state index in [1.165, 1.54) is 25.1 Å². The highest BCUT2D eigenvalue weighted by atomic mass is 19.1. The van der Waals surface area contributed by atoms with Gasteiger partial charge in [-0.05, 0) is 38.4 Å². The topological polar surface area (TPSA) is 87.5 Å². The summed E-state index contributed by atoms with van der Waals surface area (Å²) in [6, 6.07) is 2.16. The minimum atomic E-state index is -0.766. The van der Waals surface area contributed by atoms with E-state index in [1.54, 1.807) is 0 Å². The molecule has 0 unspecified atom stereocenters. The molecule has 1 saturated heterocycles. The molecule has 1 fully saturated rings. The van der Waals surface area contributed by atoms with Crippen molar-refractivity contribution in [3.63, 3.8) is 0 Å². The zero-order valence-electron chi connectivity index (χ0n) is 13.5. The van der Waals surface area contributed by atoms with Gasteiger partial charge in [0.25, 0.3) is 0 Å². The Balaban J connectivity index is 1.92. The quantitative estimate of drug-likeness (QED) is 0.750. The summed E-state index contributed by atoms with van der Waals surface area (Å²) in [6.45, 7) is 2.88. The van der Waals surface area contributed by atoms with Gasteiger partial charge in [0.15, 0.2) is 0 Å². The van der Waals surface area contributed by atoms with E-state index in [1.807, 2.05) is 4.90 Å². The number of likely N-dealkylation sites (tertiary alicyclic amines) is 1. The molecule has 1 aliphatic heterocycles. The van der Waals surface area contributed by atoms with Crippen LogP contribution >= 0.6 is 0 Å². The van der Waals surface area contributed by atoms with Crippen LogP contribution in [0.2, 0.25) is 0 Å². The zero-order valence-corrected chi connectivity index (χ0v) is 13.5. The fraction of sp³-hybridized carbons (Fsp3) is 0.500. The molecule has 1 aromatic rings. The van der Waals surface area contributed by atoms with Crippen LogP contribution in [-0.4, -0.2) is 42.0 Å². The number of nitrogens with one attached hydrogen (secondary N) is 2. The van der Waals surface area contributed by atoms with E-state index in [-0.39, 0.29) is 24.1 Å². The van der Waals surface area contributed by atoms with Gasteiger partial charge in [-0.25, -0.2) is 13.6 Å². The minimum absolute atomic E-state index is 0.0354. The Morgan fingerprint density at radius 2 is 2.04 bits per heavy atom. The van der Waals surface area contributed by atoms with Crippen LogP contribution in [0.3, 0.4) is 0 Å². The molecule has 8 heteroatoms. The predicted octanol–water partition coefficient (Wildman–Crippen LogP) is 1.10. The monoisotopic (exact) mass is 340 g/mol. The third-order valence-electron chi connectivity index (χ3n) is 4.05. The largest absolute Gasteiger partial charge is 0.352 e. The number of amides is 3. The fourth-order valence-corrected chi connectivity index (χ4v) is 2.83. The third kappa shape index (κ3) is 4.89. The number of rotatable bonds is 5. The van der Waals surface area contributed by atoms with Crippen LogP contribution in [0.15, 0.2) is 18.2 Å². The van der Waals surface area contributed by atoms with Gasteiger partial charge in [0.05, 0.1) is 0 Å². The molecule has 24 heavy (non-hydrogen) atoms. The van der Waals surface area contributed by atoms with Crippen molar-refractivity contribution in [2.75, 3.05) is 13.1 Å². The molecule has 2 atom stereocenters. The van der Waals surface area contributed by atoms with Crippen LogP contribution < -0.4 is 16.4 Å². The highest BCUT2D eigenvalue weighted by Crippen LogP contribution is 2.18. The van der Waals surface area contributed by atoms with Crippen LogP contribution in [0.1, 0.15) is 25.3 Å². The molecule has 1 heterocycles. The first-order valence-electron chi connectivity index (χ1n) is 7.88. The highest BCUT2D eigenvalue weighted by Gasteiger charge is 2.25. The number of nitrogens with zero attached hydrogens (tertiary/aromatic N) is 1. The summed E-state index contributed by atoms with van der Waals surface area (Å²) in [5.74, 6) is -1.47. The van der Waals surface area contributed by atoms with Crippen molar-refractivity contribution >= 4 is 11.9 Å². The molecule has 4 N–H and O–H groups in total. The van der Waals surface area contributed by atoms with E-state index >= 15 is 0 Å². The SMILES string of the molecule is C[C@H](NC(N)=O)C(=O)N[C@@H]1CCCN(Cc2c(F)cccc2F)C1. The maximum Gasteiger partial charge on any atom is 0.312 e. The van der Waals surface area contributed by atoms with Crippen molar-refractivity contribution in [2.24, 2.45) is 5.73 Å². The maximum absolute atomic E-state index is 13.8. The Morgan fingerprint density at radius 1 is 1.38 bits per heavy atom. The van der Waals surface area contributed by atoms with Crippen molar-refractivity contribution < 1.29 is 18.4 Å². The second kappa shape index (κ2) is 8.05. The normalized spacial score (nSPS) is 19.5. The average Bonchev–Trinajstić information content (AvgIpc) is 2.51. The molecule has 0 saturated carbocycles. The van der Waals surface area contributed by atoms with Gasteiger partial charge in [-0.3, -0.25) is 9.69 Å². The van der Waals surface area contributed by atoms with Gasteiger partial charge in [-0.2, -0.15) is 0 Å². The third-order valence-corrected chi connectivity index (χ3v) is 4.05. The molecular weight excluding hydrogens is 318 g/mol. The number of hydrogen-bond acceptors (Lipinski definition) is 3. The number of urea groups is 1. The van der Waals surface area contributed by atoms with Crippen LogP contribution in [0.4, 0.5) is 13.6 Å². The molecule has 0 radical (unpaired) electrons. The summed E-state index contributed by atoms with van der Waals surface area (Å²) >= 11 is 0. The first kappa shape index (κ1) is 18.1. The van der Waals surface area contributed by atoms with Crippen molar-refractivity contribution in [1.29, 1.82) is 0 Å². The van der Waals surface area contributed by atoms with E-state index in [2.05, 4.69) is 10.6 Å². The summed E-state index contributed by atoms with van der Waals surface area (Å²) < 4.78 is 27.5. The molecule has 0 bridgehead atoms. The van der Waals surface area contributed by atoms with Crippen LogP contribution in [0.5, 0.6) is 0 Å². The summed E-state index contributed by atoms with van der Waals surface area (Å²) in [6.07, 6.45) is 1.57. The Morgan fingerprint density at radius 3 is 2.67 bits per heavy atom. The number of halogens is 2. The standard InChI is InChI=1S/C16H22F2N4O2/c1-10(20-16(19)24)15(23)21-11-4-3-7-22(8-11)9-12-13(17)5-2-6-14(12)18/h2,5-6,10-11H,3-4,7-9H2,1H3,(H,21,23)(H3,19,20,24)/t10-,11+/m0/s1. The Kier molecular flexibility index (Phi) is 6.08. The Hall–Kier alpha value is -2.22. The van der Waals surface area contributed by atoms with E-state index in [9.17, 15) is 18.4 Å². The minimum Gasteiger partial charge on any atom is -0.352 e. The summed E-state index contributed by atoms with van der Waals surface area (Å²) in [7, 11) is 0. The smallest absolute Gasteiger partial charge is 0.312 e. The summed E-state index contributed by atoms with van der Waals surface area (Å²) in [4.78, 5) is 24.7. The van der Waals surface area contributed by atoms with Gasteiger partial charge < -0.3 is 16.4 Å². The van der Waals surface area contributed by atoms with Crippen LogP contribution in [0.25, 0.3) is 0 Å². The average molecular weight is 340 g/mol. The predicted molar refractivity (Wildman–Crippen MR) is 85.0 cm³/mol. The molecule has 6 nitrogen and oxygen atoms in total. The van der Waals surface area contributed by atoms with Gasteiger partial charge in [0.1, 0.15) is 17.7 Å². The van der Waals surface area contributed by atoms with Gasteiger partial charge >= 0.3 is 6.03 Å². The molecule has 0 aliphatic carbocycles. The number of piperidine rings is 1. The van der Waals surface area contributed by atoms with Crippen LogP contribution in [-0.2, 0) is 11.3 Å². The van der Waals surface area contributed by atoms with Crippen molar-refractivity contribution in [3.05, 3.63) is 35.4 Å². The molecule has 1 aliphatic rings. The first-order chi connectivity index (χ1) is 11.4. The summed E-state index contributed by atoms with van der Waals surface area (Å²) in [5.41, 5.74) is 5.03. The fourth-order valence-electron chi connectivity index (χ4n) is 2.83. The van der Waals surface area contributed by atoms with Gasteiger partial charge in [0, 0.05) is 24.7 Å². The van der Waals surface area contributed by atoms with Crippen molar-refractivity contribution in [2.45, 2.75) is 38.4 Å². The van der Waals surface area contributed by atoms with E-state index in [4.69, 9.17) is 5.73 Å². The van der Waals surface area contributed by atoms with Crippen molar-refractivity contribution in [3.8, 4) is 0 Å². The maximum atomic E-state index is 13.8. The zero-order chi connectivity index (χ0) is 17.7. The Labute approximate surface area is 139 Å². The lowest BCUT2D eigenvalue weighted by Crippen LogP contribution is -2.53. The van der Waals surface area contributed by atoms with Crippen molar-refractivity contribution in [1.82, 2.24) is 15.5 Å². The molecule has 3 amide bonds. The number of primary amides is 1. The lowest BCUT2D eigenvalue weighted by atomic mass is 10.0. The second-order valence-corrected chi connectivity index (χ2v) is 6.01. The second-order valence-electron chi connectivity index (χ2n) is 6.01. The number of carbonyl (C=O) groups is 2. The highest BCUT2D eigenvalue weighted by molar-refractivity contribution is 5.86. The molecule has 132 valence electrons. The van der Waals surface area contributed by atoms with Crippen LogP contribution in [0, 0.1) is 11.6 Å². The van der Waals surface area contributed by atoms with Gasteiger partial charge in [0.2, 0.25) is 5.91 Å². The lowest BCUT2D eigenvalue weighted by Gasteiger charge is -2.33. The first-order valence-corrected chi connectivity index (χ1v) is 7.88. The molecule has 1 aromatic carbocycles. The van der Waals surface area contributed by atoms with E-state index in [0.717, 1.165) is 12.8 Å².